The van der Waals surface area contributed by atoms with Crippen molar-refractivity contribution in [2.75, 3.05) is 11.9 Å². The summed E-state index contributed by atoms with van der Waals surface area (Å²) in [6.45, 7) is -0.171. The molecule has 1 aromatic heterocycles. The molecule has 6 heteroatoms. The molecule has 1 atom stereocenters. The largest absolute Gasteiger partial charge is 0.394 e. The molecule has 3 N–H and O–H groups in total. The number of hydrogen-bond donors (Lipinski definition) is 3. The third-order valence-corrected chi connectivity index (χ3v) is 4.21. The van der Waals surface area contributed by atoms with Gasteiger partial charge in [0.15, 0.2) is 0 Å². The van der Waals surface area contributed by atoms with Gasteiger partial charge in [-0.25, -0.2) is 4.79 Å². The van der Waals surface area contributed by atoms with E-state index in [-0.39, 0.29) is 12.6 Å². The van der Waals surface area contributed by atoms with Crippen molar-refractivity contribution in [2.45, 2.75) is 6.04 Å². The molecule has 0 bridgehead atoms. The average Bonchev–Trinajstić information content (AvgIpc) is 3.09. The molecule has 24 heavy (non-hydrogen) atoms. The summed E-state index contributed by atoms with van der Waals surface area (Å²) in [5.74, 6) is 0. The second-order valence-electron chi connectivity index (χ2n) is 5.19. The Labute approximate surface area is 144 Å². The summed E-state index contributed by atoms with van der Waals surface area (Å²) in [6, 6.07) is 20.1. The average molecular weight is 339 g/mol. The molecule has 0 saturated carbocycles. The molecule has 3 aromatic rings. The van der Waals surface area contributed by atoms with Gasteiger partial charge in [0.25, 0.3) is 0 Å². The number of hydrogen-bond acceptors (Lipinski definition) is 4. The molecule has 0 saturated heterocycles. The van der Waals surface area contributed by atoms with E-state index in [2.05, 4.69) is 15.0 Å². The van der Waals surface area contributed by atoms with E-state index < -0.39 is 6.04 Å². The molecule has 0 aliphatic heterocycles. The van der Waals surface area contributed by atoms with Gasteiger partial charge in [0, 0.05) is 11.6 Å². The number of benzene rings is 2. The molecule has 0 spiro atoms. The van der Waals surface area contributed by atoms with Crippen molar-refractivity contribution >= 4 is 22.6 Å². The SMILES string of the molecule is O=C(Nc1cc(-c2ccccc2)ns1)N[C@H](CO)c1ccccc1. The van der Waals surface area contributed by atoms with E-state index in [4.69, 9.17) is 0 Å². The normalized spacial score (nSPS) is 11.7. The summed E-state index contributed by atoms with van der Waals surface area (Å²) in [7, 11) is 0. The molecule has 0 aliphatic carbocycles. The molecular weight excluding hydrogens is 322 g/mol. The van der Waals surface area contributed by atoms with Crippen LogP contribution in [0.5, 0.6) is 0 Å². The highest BCUT2D eigenvalue weighted by Crippen LogP contribution is 2.25. The summed E-state index contributed by atoms with van der Waals surface area (Å²) in [5, 5.41) is 15.7. The van der Waals surface area contributed by atoms with E-state index >= 15 is 0 Å². The van der Waals surface area contributed by atoms with Gasteiger partial charge in [-0.2, -0.15) is 4.37 Å². The predicted molar refractivity (Wildman–Crippen MR) is 96.0 cm³/mol. The van der Waals surface area contributed by atoms with Gasteiger partial charge < -0.3 is 10.4 Å². The summed E-state index contributed by atoms with van der Waals surface area (Å²) >= 11 is 1.22. The highest BCUT2D eigenvalue weighted by atomic mass is 32.1. The van der Waals surface area contributed by atoms with Gasteiger partial charge in [-0.1, -0.05) is 60.7 Å². The van der Waals surface area contributed by atoms with E-state index in [0.29, 0.717) is 5.00 Å². The fraction of sp³-hybridized carbons (Fsp3) is 0.111. The van der Waals surface area contributed by atoms with Gasteiger partial charge in [-0.3, -0.25) is 5.32 Å². The van der Waals surface area contributed by atoms with Gasteiger partial charge >= 0.3 is 6.03 Å². The topological polar surface area (TPSA) is 74.2 Å². The Hall–Kier alpha value is -2.70. The van der Waals surface area contributed by atoms with Crippen molar-refractivity contribution in [3.05, 3.63) is 72.3 Å². The molecule has 0 unspecified atom stereocenters. The monoisotopic (exact) mass is 339 g/mol. The number of carbonyl (C=O) groups is 1. The molecule has 2 aromatic carbocycles. The smallest absolute Gasteiger partial charge is 0.320 e. The zero-order chi connectivity index (χ0) is 16.8. The number of rotatable bonds is 5. The second-order valence-corrected chi connectivity index (χ2v) is 5.99. The van der Waals surface area contributed by atoms with Gasteiger partial charge in [0.05, 0.1) is 18.3 Å². The number of nitrogens with zero attached hydrogens (tertiary/aromatic N) is 1. The second kappa shape index (κ2) is 7.72. The lowest BCUT2D eigenvalue weighted by molar-refractivity contribution is 0.225. The van der Waals surface area contributed by atoms with Crippen LogP contribution in [0.1, 0.15) is 11.6 Å². The van der Waals surface area contributed by atoms with Crippen LogP contribution < -0.4 is 10.6 Å². The number of carbonyl (C=O) groups excluding carboxylic acids is 1. The lowest BCUT2D eigenvalue weighted by atomic mass is 10.1. The van der Waals surface area contributed by atoms with Gasteiger partial charge in [0.1, 0.15) is 5.00 Å². The lowest BCUT2D eigenvalue weighted by Gasteiger charge is -2.16. The number of aliphatic hydroxyl groups is 1. The van der Waals surface area contributed by atoms with Crippen LogP contribution in [0.4, 0.5) is 9.80 Å². The van der Waals surface area contributed by atoms with Gasteiger partial charge in [0.2, 0.25) is 0 Å². The maximum Gasteiger partial charge on any atom is 0.320 e. The molecular formula is C18H17N3O2S. The predicted octanol–water partition coefficient (Wildman–Crippen LogP) is 3.67. The molecule has 1 heterocycles. The first-order chi connectivity index (χ1) is 11.8. The third-order valence-electron chi connectivity index (χ3n) is 3.51. The van der Waals surface area contributed by atoms with E-state index in [9.17, 15) is 9.90 Å². The molecule has 3 rings (SSSR count). The number of aromatic nitrogens is 1. The number of amides is 2. The van der Waals surface area contributed by atoms with Crippen molar-refractivity contribution in [3.63, 3.8) is 0 Å². The minimum Gasteiger partial charge on any atom is -0.394 e. The Morgan fingerprint density at radius 3 is 2.42 bits per heavy atom. The highest BCUT2D eigenvalue weighted by Gasteiger charge is 2.14. The van der Waals surface area contributed by atoms with Gasteiger partial charge in [-0.15, -0.1) is 0 Å². The van der Waals surface area contributed by atoms with Gasteiger partial charge in [-0.05, 0) is 17.1 Å². The zero-order valence-corrected chi connectivity index (χ0v) is 13.7. The fourth-order valence-corrected chi connectivity index (χ4v) is 2.96. The van der Waals surface area contributed by atoms with Crippen LogP contribution in [0, 0.1) is 0 Å². The number of nitrogens with one attached hydrogen (secondary N) is 2. The summed E-state index contributed by atoms with van der Waals surface area (Å²) in [5.41, 5.74) is 2.67. The third kappa shape index (κ3) is 3.98. The summed E-state index contributed by atoms with van der Waals surface area (Å²) < 4.78 is 4.35. The van der Waals surface area contributed by atoms with E-state index in [0.717, 1.165) is 16.8 Å². The minimum absolute atomic E-state index is 0.171. The Morgan fingerprint density at radius 2 is 1.75 bits per heavy atom. The molecule has 0 aliphatic rings. The van der Waals surface area contributed by atoms with E-state index in [1.54, 1.807) is 0 Å². The van der Waals surface area contributed by atoms with Crippen molar-refractivity contribution < 1.29 is 9.90 Å². The first kappa shape index (κ1) is 16.2. The van der Waals surface area contributed by atoms with Crippen LogP contribution in [0.15, 0.2) is 66.7 Å². The van der Waals surface area contributed by atoms with Crippen LogP contribution in [0.25, 0.3) is 11.3 Å². The number of urea groups is 1. The lowest BCUT2D eigenvalue weighted by Crippen LogP contribution is -2.34. The van der Waals surface area contributed by atoms with Crippen LogP contribution in [0.3, 0.4) is 0 Å². The van der Waals surface area contributed by atoms with Crippen molar-refractivity contribution in [1.82, 2.24) is 9.69 Å². The Morgan fingerprint density at radius 1 is 1.08 bits per heavy atom. The molecule has 0 radical (unpaired) electrons. The first-order valence-corrected chi connectivity index (χ1v) is 8.29. The van der Waals surface area contributed by atoms with Crippen LogP contribution in [-0.2, 0) is 0 Å². The quantitative estimate of drug-likeness (QED) is 0.664. The van der Waals surface area contributed by atoms with Crippen molar-refractivity contribution in [1.29, 1.82) is 0 Å². The zero-order valence-electron chi connectivity index (χ0n) is 12.8. The molecule has 5 nitrogen and oxygen atoms in total. The van der Waals surface area contributed by atoms with Crippen molar-refractivity contribution in [2.24, 2.45) is 0 Å². The van der Waals surface area contributed by atoms with Crippen LogP contribution >= 0.6 is 11.5 Å². The molecule has 122 valence electrons. The summed E-state index contributed by atoms with van der Waals surface area (Å²) in [6.07, 6.45) is 0. The number of aliphatic hydroxyl groups excluding tert-OH is 1. The van der Waals surface area contributed by atoms with E-state index in [1.807, 2.05) is 66.7 Å². The fourth-order valence-electron chi connectivity index (χ4n) is 2.31. The molecule has 2 amide bonds. The maximum absolute atomic E-state index is 12.1. The Bertz CT molecular complexity index is 790. The van der Waals surface area contributed by atoms with Crippen LogP contribution in [-0.4, -0.2) is 22.1 Å². The number of anilines is 1. The Balaban J connectivity index is 1.64. The standard InChI is InChI=1S/C18H17N3O2S/c22-12-16(14-9-5-2-6-10-14)19-18(23)20-17-11-15(21-24-17)13-7-3-1-4-8-13/h1-11,16,22H,12H2,(H2,19,20,23)/t16-/m1/s1. The Kier molecular flexibility index (Phi) is 5.20. The first-order valence-electron chi connectivity index (χ1n) is 7.51. The molecule has 0 fully saturated rings. The minimum atomic E-state index is -0.451. The summed E-state index contributed by atoms with van der Waals surface area (Å²) in [4.78, 5) is 12.1. The van der Waals surface area contributed by atoms with Crippen molar-refractivity contribution in [3.8, 4) is 11.3 Å². The highest BCUT2D eigenvalue weighted by molar-refractivity contribution is 7.10. The van der Waals surface area contributed by atoms with E-state index in [1.165, 1.54) is 11.5 Å². The maximum atomic E-state index is 12.1. The van der Waals surface area contributed by atoms with Crippen LogP contribution in [0.2, 0.25) is 0 Å².